The highest BCUT2D eigenvalue weighted by Crippen LogP contribution is 2.36. The van der Waals surface area contributed by atoms with Gasteiger partial charge in [0, 0.05) is 33.4 Å². The van der Waals surface area contributed by atoms with Gasteiger partial charge in [0.25, 0.3) is 0 Å². The van der Waals surface area contributed by atoms with Crippen molar-refractivity contribution in [2.45, 2.75) is 0 Å². The maximum atomic E-state index is 5.20. The van der Waals surface area contributed by atoms with Crippen molar-refractivity contribution in [2.75, 3.05) is 0 Å². The predicted octanol–water partition coefficient (Wildman–Crippen LogP) is 13.8. The highest BCUT2D eigenvalue weighted by atomic mass is 15.0. The van der Waals surface area contributed by atoms with E-state index in [2.05, 4.69) is 206 Å². The van der Waals surface area contributed by atoms with Gasteiger partial charge in [0.1, 0.15) is 0 Å². The molecule has 0 atom stereocenters. The molecule has 0 aliphatic heterocycles. The molecule has 6 nitrogen and oxygen atoms in total. The first-order valence-corrected chi connectivity index (χ1v) is 20.7. The molecule has 0 fully saturated rings. The number of fused-ring (bicyclic) bond motifs is 5. The summed E-state index contributed by atoms with van der Waals surface area (Å²) in [6, 6.07) is 71.3. The number of nitrogens with zero attached hydrogens (tertiary/aromatic N) is 6. The molecule has 0 saturated heterocycles. The van der Waals surface area contributed by atoms with Crippen LogP contribution >= 0.6 is 0 Å². The number of hydrogen-bond donors (Lipinski definition) is 0. The van der Waals surface area contributed by atoms with Gasteiger partial charge in [-0.3, -0.25) is 0 Å². The summed E-state index contributed by atoms with van der Waals surface area (Å²) in [7, 11) is 0. The standard InChI is InChI=1S/C56H34N6/c1-5-21-43-36(13-1)17-9-25-47(43)53-57-51(58-54(61-53)48-26-10-18-37-14-2-6-22-44(37)48)40-31-29-35-30-32-41(34-42(35)33-40)52-59-55(49-27-11-19-38-15-3-7-23-45(38)49)62-56(60-52)50-28-12-20-39-16-4-8-24-46(39)50/h1-34H. The topological polar surface area (TPSA) is 77.3 Å². The molecule has 10 aromatic carbocycles. The Kier molecular flexibility index (Phi) is 8.38. The lowest BCUT2D eigenvalue weighted by Crippen LogP contribution is -2.01. The minimum atomic E-state index is 0.592. The second kappa shape index (κ2) is 14.7. The lowest BCUT2D eigenvalue weighted by molar-refractivity contribution is 1.08. The van der Waals surface area contributed by atoms with Crippen LogP contribution in [-0.2, 0) is 0 Å². The Hall–Kier alpha value is -8.48. The summed E-state index contributed by atoms with van der Waals surface area (Å²) < 4.78 is 0. The lowest BCUT2D eigenvalue weighted by atomic mass is 10.0. The Morgan fingerprint density at radius 2 is 0.468 bits per heavy atom. The fourth-order valence-corrected chi connectivity index (χ4v) is 8.70. The number of rotatable bonds is 6. The molecular formula is C56H34N6. The van der Waals surface area contributed by atoms with E-state index in [1.165, 1.54) is 0 Å². The summed E-state index contributed by atoms with van der Waals surface area (Å²) in [5.41, 5.74) is 5.57. The Balaban J connectivity index is 1.04. The molecule has 0 aliphatic carbocycles. The first kappa shape index (κ1) is 35.5. The van der Waals surface area contributed by atoms with Crippen molar-refractivity contribution in [1.29, 1.82) is 0 Å². The summed E-state index contributed by atoms with van der Waals surface area (Å²) >= 11 is 0. The van der Waals surface area contributed by atoms with Gasteiger partial charge in [-0.2, -0.15) is 0 Å². The van der Waals surface area contributed by atoms with Gasteiger partial charge in [-0.05, 0) is 66.0 Å². The van der Waals surface area contributed by atoms with E-state index in [1.807, 2.05) is 0 Å². The van der Waals surface area contributed by atoms with E-state index in [1.54, 1.807) is 0 Å². The Labute approximate surface area is 357 Å². The molecule has 62 heavy (non-hydrogen) atoms. The van der Waals surface area contributed by atoms with Crippen LogP contribution in [0.2, 0.25) is 0 Å². The smallest absolute Gasteiger partial charge is 0.164 e. The van der Waals surface area contributed by atoms with Gasteiger partial charge in [-0.1, -0.05) is 194 Å². The summed E-state index contributed by atoms with van der Waals surface area (Å²) in [5.74, 6) is 3.67. The van der Waals surface area contributed by atoms with Gasteiger partial charge < -0.3 is 0 Å². The molecule has 2 aromatic heterocycles. The Morgan fingerprint density at radius 1 is 0.194 bits per heavy atom. The number of hydrogen-bond acceptors (Lipinski definition) is 6. The SMILES string of the molecule is c1ccc2c(-c3nc(-c4ccc5ccc(-c6nc(-c7cccc8ccccc78)nc(-c7cccc8ccccc78)n6)cc5c4)nc(-c4cccc5ccccc45)n3)cccc2c1. The fourth-order valence-electron chi connectivity index (χ4n) is 8.70. The molecule has 0 N–H and O–H groups in total. The molecule has 0 amide bonds. The third-order valence-corrected chi connectivity index (χ3v) is 11.7. The Morgan fingerprint density at radius 3 is 0.790 bits per heavy atom. The van der Waals surface area contributed by atoms with Crippen LogP contribution in [0.25, 0.3) is 122 Å². The van der Waals surface area contributed by atoms with Crippen molar-refractivity contribution < 1.29 is 0 Å². The van der Waals surface area contributed by atoms with Crippen molar-refractivity contribution in [1.82, 2.24) is 29.9 Å². The monoisotopic (exact) mass is 790 g/mol. The highest BCUT2D eigenvalue weighted by Gasteiger charge is 2.18. The van der Waals surface area contributed by atoms with Crippen LogP contribution < -0.4 is 0 Å². The summed E-state index contributed by atoms with van der Waals surface area (Å²) in [6.07, 6.45) is 0. The first-order valence-electron chi connectivity index (χ1n) is 20.7. The second-order valence-electron chi connectivity index (χ2n) is 15.5. The van der Waals surface area contributed by atoms with E-state index in [9.17, 15) is 0 Å². The van der Waals surface area contributed by atoms with Crippen molar-refractivity contribution in [3.05, 3.63) is 206 Å². The molecule has 0 radical (unpaired) electrons. The molecule has 6 heteroatoms. The predicted molar refractivity (Wildman–Crippen MR) is 253 cm³/mol. The zero-order chi connectivity index (χ0) is 41.0. The normalized spacial score (nSPS) is 11.5. The minimum Gasteiger partial charge on any atom is -0.208 e. The quantitative estimate of drug-likeness (QED) is 0.167. The molecule has 0 bridgehead atoms. The van der Waals surface area contributed by atoms with E-state index < -0.39 is 0 Å². The van der Waals surface area contributed by atoms with Crippen LogP contribution in [0.1, 0.15) is 0 Å². The van der Waals surface area contributed by atoms with Crippen LogP contribution in [0.3, 0.4) is 0 Å². The Bertz CT molecular complexity index is 3270. The molecule has 12 aromatic rings. The molecule has 0 unspecified atom stereocenters. The zero-order valence-corrected chi connectivity index (χ0v) is 33.3. The third kappa shape index (κ3) is 6.21. The molecule has 0 spiro atoms. The second-order valence-corrected chi connectivity index (χ2v) is 15.5. The summed E-state index contributed by atoms with van der Waals surface area (Å²) in [6.45, 7) is 0. The lowest BCUT2D eigenvalue weighted by Gasteiger charge is -2.13. The van der Waals surface area contributed by atoms with E-state index in [0.29, 0.717) is 34.9 Å². The van der Waals surface area contributed by atoms with E-state index in [-0.39, 0.29) is 0 Å². The molecule has 2 heterocycles. The fraction of sp³-hybridized carbons (Fsp3) is 0. The van der Waals surface area contributed by atoms with Crippen LogP contribution in [0.4, 0.5) is 0 Å². The van der Waals surface area contributed by atoms with Crippen LogP contribution in [-0.4, -0.2) is 29.9 Å². The van der Waals surface area contributed by atoms with Crippen molar-refractivity contribution >= 4 is 53.9 Å². The first-order chi connectivity index (χ1) is 30.7. The zero-order valence-electron chi connectivity index (χ0n) is 33.3. The highest BCUT2D eigenvalue weighted by molar-refractivity contribution is 6.00. The van der Waals surface area contributed by atoms with Crippen molar-refractivity contribution in [3.63, 3.8) is 0 Å². The number of benzene rings is 10. The summed E-state index contributed by atoms with van der Waals surface area (Å²) in [4.78, 5) is 31.2. The molecule has 0 aliphatic rings. The van der Waals surface area contributed by atoms with E-state index in [0.717, 1.165) is 87.2 Å². The van der Waals surface area contributed by atoms with E-state index in [4.69, 9.17) is 29.9 Å². The third-order valence-electron chi connectivity index (χ3n) is 11.7. The molecular weight excluding hydrogens is 757 g/mol. The van der Waals surface area contributed by atoms with Crippen LogP contribution in [0.15, 0.2) is 206 Å². The molecule has 0 saturated carbocycles. The number of aromatic nitrogens is 6. The molecule has 12 rings (SSSR count). The van der Waals surface area contributed by atoms with Crippen LogP contribution in [0.5, 0.6) is 0 Å². The van der Waals surface area contributed by atoms with Gasteiger partial charge in [-0.15, -0.1) is 0 Å². The maximum Gasteiger partial charge on any atom is 0.164 e. The largest absolute Gasteiger partial charge is 0.208 e. The maximum absolute atomic E-state index is 5.20. The minimum absolute atomic E-state index is 0.592. The van der Waals surface area contributed by atoms with E-state index >= 15 is 0 Å². The van der Waals surface area contributed by atoms with Crippen molar-refractivity contribution in [2.24, 2.45) is 0 Å². The summed E-state index contributed by atoms with van der Waals surface area (Å²) in [5, 5.41) is 10.9. The van der Waals surface area contributed by atoms with Crippen LogP contribution in [0, 0.1) is 0 Å². The average Bonchev–Trinajstić information content (AvgIpc) is 3.35. The van der Waals surface area contributed by atoms with Gasteiger partial charge >= 0.3 is 0 Å². The van der Waals surface area contributed by atoms with Crippen molar-refractivity contribution in [3.8, 4) is 68.3 Å². The van der Waals surface area contributed by atoms with Gasteiger partial charge in [0.05, 0.1) is 0 Å². The van der Waals surface area contributed by atoms with Gasteiger partial charge in [0.15, 0.2) is 34.9 Å². The average molecular weight is 791 g/mol. The van der Waals surface area contributed by atoms with Gasteiger partial charge in [0.2, 0.25) is 0 Å². The van der Waals surface area contributed by atoms with Gasteiger partial charge in [-0.25, -0.2) is 29.9 Å². The molecule has 288 valence electrons.